The smallest absolute Gasteiger partial charge is 0.185 e. The number of hydrogen-bond acceptors (Lipinski definition) is 6. The molecule has 1 aliphatic rings. The summed E-state index contributed by atoms with van der Waals surface area (Å²) in [5.74, 6) is 0. The van der Waals surface area contributed by atoms with Gasteiger partial charge in [0, 0.05) is 57.3 Å². The Morgan fingerprint density at radius 3 is 2.62 bits per heavy atom. The van der Waals surface area contributed by atoms with Gasteiger partial charge in [-0.3, -0.25) is 4.90 Å². The fraction of sp³-hybridized carbons (Fsp3) is 0.800. The molecule has 21 heavy (non-hydrogen) atoms. The van der Waals surface area contributed by atoms with Gasteiger partial charge in [0.25, 0.3) is 0 Å². The fourth-order valence-electron chi connectivity index (χ4n) is 2.52. The van der Waals surface area contributed by atoms with Crippen molar-refractivity contribution in [2.75, 3.05) is 51.3 Å². The van der Waals surface area contributed by atoms with Crippen LogP contribution in [0.4, 0.5) is 5.13 Å². The Morgan fingerprint density at radius 1 is 1.29 bits per heavy atom. The minimum absolute atomic E-state index is 0.644. The molecule has 1 fully saturated rings. The Hall–Kier alpha value is -0.690. The predicted octanol–water partition coefficient (Wildman–Crippen LogP) is 1.72. The molecular weight excluding hydrogens is 284 g/mol. The highest BCUT2D eigenvalue weighted by Gasteiger charge is 2.21. The topological polar surface area (TPSA) is 40.6 Å². The zero-order valence-corrected chi connectivity index (χ0v) is 14.5. The minimum atomic E-state index is 0.644. The van der Waals surface area contributed by atoms with Crippen molar-refractivity contribution in [3.8, 4) is 0 Å². The van der Waals surface area contributed by atoms with Gasteiger partial charge in [0.2, 0.25) is 0 Å². The maximum absolute atomic E-state index is 5.05. The van der Waals surface area contributed by atoms with Gasteiger partial charge in [0.05, 0.1) is 12.3 Å². The molecule has 120 valence electrons. The molecule has 1 aliphatic heterocycles. The first-order valence-electron chi connectivity index (χ1n) is 7.76. The van der Waals surface area contributed by atoms with E-state index in [9.17, 15) is 0 Å². The summed E-state index contributed by atoms with van der Waals surface area (Å²) in [6, 6.07) is 0.644. The minimum Gasteiger partial charge on any atom is -0.383 e. The molecule has 0 atom stereocenters. The van der Waals surface area contributed by atoms with Crippen LogP contribution < -0.4 is 10.2 Å². The third-order valence-electron chi connectivity index (χ3n) is 3.96. The predicted molar refractivity (Wildman–Crippen MR) is 89.4 cm³/mol. The summed E-state index contributed by atoms with van der Waals surface area (Å²) in [5.41, 5.74) is 1.16. The third-order valence-corrected chi connectivity index (χ3v) is 5.18. The Balaban J connectivity index is 1.87. The molecule has 0 amide bonds. The number of nitrogens with one attached hydrogen (secondary N) is 1. The van der Waals surface area contributed by atoms with E-state index >= 15 is 0 Å². The van der Waals surface area contributed by atoms with Gasteiger partial charge < -0.3 is 15.0 Å². The Labute approximate surface area is 132 Å². The Kier molecular flexibility index (Phi) is 6.41. The molecule has 1 aromatic rings. The van der Waals surface area contributed by atoms with E-state index < -0.39 is 0 Å². The maximum Gasteiger partial charge on any atom is 0.185 e. The number of nitrogens with zero attached hydrogens (tertiary/aromatic N) is 3. The van der Waals surface area contributed by atoms with E-state index in [1.165, 1.54) is 10.0 Å². The molecule has 5 nitrogen and oxygen atoms in total. The van der Waals surface area contributed by atoms with Crippen molar-refractivity contribution in [3.63, 3.8) is 0 Å². The van der Waals surface area contributed by atoms with Crippen LogP contribution in [0.5, 0.6) is 0 Å². The Bertz CT molecular complexity index is 427. The van der Waals surface area contributed by atoms with Crippen molar-refractivity contribution < 1.29 is 4.74 Å². The number of piperazine rings is 1. The van der Waals surface area contributed by atoms with E-state index in [4.69, 9.17) is 9.72 Å². The monoisotopic (exact) mass is 312 g/mol. The first-order valence-corrected chi connectivity index (χ1v) is 8.58. The highest BCUT2D eigenvalue weighted by molar-refractivity contribution is 7.15. The van der Waals surface area contributed by atoms with Crippen LogP contribution in [0.25, 0.3) is 0 Å². The van der Waals surface area contributed by atoms with E-state index in [2.05, 4.69) is 35.9 Å². The molecular formula is C15H28N4OS. The average molecular weight is 312 g/mol. The molecule has 0 aromatic carbocycles. The molecule has 6 heteroatoms. The molecule has 1 N–H and O–H groups in total. The highest BCUT2D eigenvalue weighted by atomic mass is 32.1. The molecule has 1 aromatic heterocycles. The molecule has 0 bridgehead atoms. The van der Waals surface area contributed by atoms with E-state index in [0.717, 1.165) is 51.6 Å². The summed E-state index contributed by atoms with van der Waals surface area (Å²) in [7, 11) is 1.73. The third kappa shape index (κ3) is 4.64. The van der Waals surface area contributed by atoms with E-state index in [-0.39, 0.29) is 0 Å². The van der Waals surface area contributed by atoms with Crippen LogP contribution in [0.3, 0.4) is 0 Å². The lowest BCUT2D eigenvalue weighted by atomic mass is 10.2. The maximum atomic E-state index is 5.05. The van der Waals surface area contributed by atoms with Crippen molar-refractivity contribution >= 4 is 16.5 Å². The molecule has 0 spiro atoms. The first kappa shape index (κ1) is 16.7. The summed E-state index contributed by atoms with van der Waals surface area (Å²) in [5, 5.41) is 4.58. The number of methoxy groups -OCH3 is 1. The van der Waals surface area contributed by atoms with Gasteiger partial charge in [-0.2, -0.15) is 0 Å². The van der Waals surface area contributed by atoms with Crippen LogP contribution in [-0.2, 0) is 11.3 Å². The molecule has 1 saturated heterocycles. The SMILES string of the molecule is COCCNCc1sc(N2CCN(C(C)C)CC2)nc1C. The lowest BCUT2D eigenvalue weighted by Crippen LogP contribution is -2.48. The molecule has 0 radical (unpaired) electrons. The Morgan fingerprint density at radius 2 is 2.00 bits per heavy atom. The van der Waals surface area contributed by atoms with Gasteiger partial charge in [-0.1, -0.05) is 0 Å². The number of aromatic nitrogens is 1. The first-order chi connectivity index (χ1) is 10.1. The quantitative estimate of drug-likeness (QED) is 0.776. The second kappa shape index (κ2) is 8.08. The summed E-state index contributed by atoms with van der Waals surface area (Å²) >= 11 is 1.83. The molecule has 0 saturated carbocycles. The largest absolute Gasteiger partial charge is 0.383 e. The standard InChI is InChI=1S/C15H28N4OS/c1-12(2)18-6-8-19(9-7-18)15-17-13(3)14(21-15)11-16-5-10-20-4/h12,16H,5-11H2,1-4H3. The van der Waals surface area contributed by atoms with Gasteiger partial charge in [0.1, 0.15) is 0 Å². The summed E-state index contributed by atoms with van der Waals surface area (Å²) in [6.07, 6.45) is 0. The van der Waals surface area contributed by atoms with Crippen LogP contribution in [0.2, 0.25) is 0 Å². The number of rotatable bonds is 7. The van der Waals surface area contributed by atoms with Gasteiger partial charge in [-0.25, -0.2) is 4.98 Å². The lowest BCUT2D eigenvalue weighted by Gasteiger charge is -2.36. The highest BCUT2D eigenvalue weighted by Crippen LogP contribution is 2.27. The van der Waals surface area contributed by atoms with Gasteiger partial charge in [0.15, 0.2) is 5.13 Å². The van der Waals surface area contributed by atoms with E-state index in [0.29, 0.717) is 6.04 Å². The number of anilines is 1. The van der Waals surface area contributed by atoms with Crippen LogP contribution in [0.15, 0.2) is 0 Å². The fourth-order valence-corrected chi connectivity index (χ4v) is 3.60. The molecule has 2 rings (SSSR count). The molecule has 0 aliphatic carbocycles. The van der Waals surface area contributed by atoms with Crippen molar-refractivity contribution in [3.05, 3.63) is 10.6 Å². The number of thiazole rings is 1. The van der Waals surface area contributed by atoms with E-state index in [1.807, 2.05) is 11.3 Å². The summed E-state index contributed by atoms with van der Waals surface area (Å²) in [4.78, 5) is 11.1. The van der Waals surface area contributed by atoms with Crippen LogP contribution >= 0.6 is 11.3 Å². The summed E-state index contributed by atoms with van der Waals surface area (Å²) in [6.45, 7) is 13.6. The molecule has 2 heterocycles. The van der Waals surface area contributed by atoms with Crippen LogP contribution in [0.1, 0.15) is 24.4 Å². The number of hydrogen-bond donors (Lipinski definition) is 1. The second-order valence-corrected chi connectivity index (χ2v) is 6.85. The molecule has 0 unspecified atom stereocenters. The van der Waals surface area contributed by atoms with Gasteiger partial charge in [-0.15, -0.1) is 11.3 Å². The van der Waals surface area contributed by atoms with E-state index in [1.54, 1.807) is 7.11 Å². The van der Waals surface area contributed by atoms with Gasteiger partial charge >= 0.3 is 0 Å². The second-order valence-electron chi connectivity index (χ2n) is 5.79. The number of aryl methyl sites for hydroxylation is 1. The van der Waals surface area contributed by atoms with Crippen molar-refractivity contribution in [1.29, 1.82) is 0 Å². The number of ether oxygens (including phenoxy) is 1. The van der Waals surface area contributed by atoms with Crippen LogP contribution in [-0.4, -0.2) is 62.4 Å². The van der Waals surface area contributed by atoms with Crippen molar-refractivity contribution in [2.45, 2.75) is 33.4 Å². The zero-order chi connectivity index (χ0) is 15.2. The average Bonchev–Trinajstić information content (AvgIpc) is 2.85. The van der Waals surface area contributed by atoms with Crippen LogP contribution in [0, 0.1) is 6.92 Å². The lowest BCUT2D eigenvalue weighted by molar-refractivity contribution is 0.199. The van der Waals surface area contributed by atoms with Crippen molar-refractivity contribution in [2.24, 2.45) is 0 Å². The normalized spacial score (nSPS) is 16.9. The zero-order valence-electron chi connectivity index (χ0n) is 13.7. The van der Waals surface area contributed by atoms with Gasteiger partial charge in [-0.05, 0) is 20.8 Å². The summed E-state index contributed by atoms with van der Waals surface area (Å²) < 4.78 is 5.05. The van der Waals surface area contributed by atoms with Crippen molar-refractivity contribution in [1.82, 2.24) is 15.2 Å².